The topological polar surface area (TPSA) is 61.6 Å². The minimum Gasteiger partial charge on any atom is -0.327 e. The average molecular weight is 371 g/mol. The number of urea groups is 1. The second-order valence-corrected chi connectivity index (χ2v) is 8.97. The van der Waals surface area contributed by atoms with E-state index in [1.165, 1.54) is 37.9 Å². The number of nitrogens with one attached hydrogen (secondary N) is 1. The molecule has 5 nitrogen and oxygen atoms in total. The third-order valence-electron chi connectivity index (χ3n) is 6.97. The van der Waals surface area contributed by atoms with Crippen LogP contribution in [0.4, 0.5) is 10.5 Å². The zero-order valence-electron chi connectivity index (χ0n) is 16.6. The molecule has 1 aliphatic carbocycles. The van der Waals surface area contributed by atoms with Crippen molar-refractivity contribution in [1.82, 2.24) is 9.80 Å². The van der Waals surface area contributed by atoms with Crippen LogP contribution in [0.25, 0.3) is 0 Å². The first-order chi connectivity index (χ1) is 13.1. The molecule has 0 radical (unpaired) electrons. The highest BCUT2D eigenvalue weighted by atomic mass is 16.2. The van der Waals surface area contributed by atoms with Gasteiger partial charge < -0.3 is 20.9 Å². The number of nitrogens with zero attached hydrogens (tertiary/aromatic N) is 2. The first kappa shape index (κ1) is 18.8. The lowest BCUT2D eigenvalue weighted by atomic mass is 9.98. The number of benzene rings is 1. The number of rotatable bonds is 4. The number of carbonyl (C=O) groups is 1. The van der Waals surface area contributed by atoms with E-state index in [9.17, 15) is 4.79 Å². The molecule has 1 aromatic carbocycles. The van der Waals surface area contributed by atoms with Gasteiger partial charge >= 0.3 is 6.03 Å². The van der Waals surface area contributed by atoms with Crippen LogP contribution in [0.3, 0.4) is 0 Å². The number of anilines is 1. The van der Waals surface area contributed by atoms with Gasteiger partial charge in [0.15, 0.2) is 0 Å². The standard InChI is InChI=1S/C22H34N4O/c1-16-7-10-25(11-8-16)12-9-17-3-2-4-19(13-17)24-22(27)26-14-18-5-6-21(23)20(18)15-26/h2-4,13,16,18,20-21H,5-12,14-15,23H2,1H3,(H,24,27). The molecule has 27 heavy (non-hydrogen) atoms. The van der Waals surface area contributed by atoms with E-state index in [0.717, 1.165) is 44.1 Å². The third-order valence-corrected chi connectivity index (χ3v) is 6.97. The molecule has 3 N–H and O–H groups in total. The zero-order chi connectivity index (χ0) is 18.8. The van der Waals surface area contributed by atoms with Gasteiger partial charge in [0.05, 0.1) is 0 Å². The molecule has 4 rings (SSSR count). The quantitative estimate of drug-likeness (QED) is 0.856. The van der Waals surface area contributed by atoms with Gasteiger partial charge in [0.25, 0.3) is 0 Å². The summed E-state index contributed by atoms with van der Waals surface area (Å²) in [4.78, 5) is 17.2. The Morgan fingerprint density at radius 2 is 2.00 bits per heavy atom. The van der Waals surface area contributed by atoms with Gasteiger partial charge in [-0.3, -0.25) is 0 Å². The predicted octanol–water partition coefficient (Wildman–Crippen LogP) is 3.16. The Labute approximate surface area is 163 Å². The van der Waals surface area contributed by atoms with Gasteiger partial charge in [-0.1, -0.05) is 19.1 Å². The molecule has 148 valence electrons. The van der Waals surface area contributed by atoms with E-state index < -0.39 is 0 Å². The maximum Gasteiger partial charge on any atom is 0.321 e. The lowest BCUT2D eigenvalue weighted by molar-refractivity contribution is 0.194. The van der Waals surface area contributed by atoms with Gasteiger partial charge in [-0.2, -0.15) is 0 Å². The van der Waals surface area contributed by atoms with Crippen LogP contribution in [-0.4, -0.2) is 54.6 Å². The molecular formula is C22H34N4O. The molecule has 1 saturated carbocycles. The molecule has 3 unspecified atom stereocenters. The van der Waals surface area contributed by atoms with E-state index >= 15 is 0 Å². The molecule has 3 aliphatic rings. The molecule has 0 bridgehead atoms. The highest BCUT2D eigenvalue weighted by Gasteiger charge is 2.42. The summed E-state index contributed by atoms with van der Waals surface area (Å²) in [6, 6.07) is 8.65. The van der Waals surface area contributed by atoms with Crippen molar-refractivity contribution in [1.29, 1.82) is 0 Å². The first-order valence-corrected chi connectivity index (χ1v) is 10.7. The normalized spacial score (nSPS) is 29.1. The Hall–Kier alpha value is -1.59. The number of carbonyl (C=O) groups excluding carboxylic acids is 1. The second kappa shape index (κ2) is 8.19. The molecule has 2 aliphatic heterocycles. The molecular weight excluding hydrogens is 336 g/mol. The predicted molar refractivity (Wildman–Crippen MR) is 110 cm³/mol. The van der Waals surface area contributed by atoms with Crippen molar-refractivity contribution in [3.05, 3.63) is 29.8 Å². The lowest BCUT2D eigenvalue weighted by Crippen LogP contribution is -2.36. The van der Waals surface area contributed by atoms with E-state index in [1.807, 2.05) is 11.0 Å². The molecule has 2 saturated heterocycles. The Morgan fingerprint density at radius 1 is 1.19 bits per heavy atom. The summed E-state index contributed by atoms with van der Waals surface area (Å²) in [6.07, 6.45) is 5.96. The highest BCUT2D eigenvalue weighted by Crippen LogP contribution is 2.37. The Kier molecular flexibility index (Phi) is 5.69. The van der Waals surface area contributed by atoms with Crippen LogP contribution in [0.5, 0.6) is 0 Å². The monoisotopic (exact) mass is 370 g/mol. The van der Waals surface area contributed by atoms with E-state index in [2.05, 4.69) is 35.3 Å². The average Bonchev–Trinajstić information content (AvgIpc) is 3.24. The van der Waals surface area contributed by atoms with Crippen LogP contribution in [-0.2, 0) is 6.42 Å². The molecule has 3 fully saturated rings. The summed E-state index contributed by atoms with van der Waals surface area (Å²) in [5.74, 6) is 1.97. The van der Waals surface area contributed by atoms with Crippen molar-refractivity contribution in [3.63, 3.8) is 0 Å². The van der Waals surface area contributed by atoms with Crippen molar-refractivity contribution in [2.75, 3.05) is 38.0 Å². The molecule has 1 aromatic rings. The highest BCUT2D eigenvalue weighted by molar-refractivity contribution is 5.89. The van der Waals surface area contributed by atoms with E-state index in [4.69, 9.17) is 5.73 Å². The second-order valence-electron chi connectivity index (χ2n) is 8.97. The van der Waals surface area contributed by atoms with Gasteiger partial charge in [0.1, 0.15) is 0 Å². The maximum atomic E-state index is 12.7. The van der Waals surface area contributed by atoms with E-state index in [1.54, 1.807) is 0 Å². The van der Waals surface area contributed by atoms with Crippen molar-refractivity contribution >= 4 is 11.7 Å². The molecule has 3 atom stereocenters. The number of fused-ring (bicyclic) bond motifs is 1. The van der Waals surface area contributed by atoms with Crippen LogP contribution >= 0.6 is 0 Å². The summed E-state index contributed by atoms with van der Waals surface area (Å²) in [5, 5.41) is 3.10. The minimum absolute atomic E-state index is 0.0266. The van der Waals surface area contributed by atoms with E-state index in [-0.39, 0.29) is 12.1 Å². The molecule has 2 heterocycles. The minimum atomic E-state index is 0.0266. The third kappa shape index (κ3) is 4.46. The Bertz CT molecular complexity index is 655. The van der Waals surface area contributed by atoms with Crippen LogP contribution in [0, 0.1) is 17.8 Å². The summed E-state index contributed by atoms with van der Waals surface area (Å²) >= 11 is 0. The Balaban J connectivity index is 1.28. The number of hydrogen-bond donors (Lipinski definition) is 2. The van der Waals surface area contributed by atoms with Crippen LogP contribution in [0.15, 0.2) is 24.3 Å². The largest absolute Gasteiger partial charge is 0.327 e. The van der Waals surface area contributed by atoms with Crippen LogP contribution in [0.1, 0.15) is 38.2 Å². The lowest BCUT2D eigenvalue weighted by Gasteiger charge is -2.30. The molecule has 5 heteroatoms. The number of nitrogens with two attached hydrogens (primary N) is 1. The number of piperidine rings is 1. The van der Waals surface area contributed by atoms with Crippen molar-refractivity contribution in [2.45, 2.75) is 45.1 Å². The van der Waals surface area contributed by atoms with E-state index in [0.29, 0.717) is 11.8 Å². The van der Waals surface area contributed by atoms with Gasteiger partial charge in [0.2, 0.25) is 0 Å². The van der Waals surface area contributed by atoms with Gasteiger partial charge in [-0.05, 0) is 80.6 Å². The molecule has 2 amide bonds. The number of likely N-dealkylation sites (tertiary alicyclic amines) is 2. The smallest absolute Gasteiger partial charge is 0.321 e. The SMILES string of the molecule is CC1CCN(CCc2cccc(NC(=O)N3CC4CCC(N)C4C3)c2)CC1. The van der Waals surface area contributed by atoms with Crippen molar-refractivity contribution < 1.29 is 4.79 Å². The zero-order valence-corrected chi connectivity index (χ0v) is 16.6. The van der Waals surface area contributed by atoms with Crippen molar-refractivity contribution in [3.8, 4) is 0 Å². The number of amides is 2. The fraction of sp³-hybridized carbons (Fsp3) is 0.682. The fourth-order valence-electron chi connectivity index (χ4n) is 5.05. The summed E-state index contributed by atoms with van der Waals surface area (Å²) in [7, 11) is 0. The van der Waals surface area contributed by atoms with Gasteiger partial charge in [-0.15, -0.1) is 0 Å². The summed E-state index contributed by atoms with van der Waals surface area (Å²) < 4.78 is 0. The summed E-state index contributed by atoms with van der Waals surface area (Å²) in [6.45, 7) is 7.57. The van der Waals surface area contributed by atoms with Gasteiger partial charge in [0, 0.05) is 31.4 Å². The number of hydrogen-bond acceptors (Lipinski definition) is 3. The van der Waals surface area contributed by atoms with Crippen LogP contribution < -0.4 is 11.1 Å². The summed E-state index contributed by atoms with van der Waals surface area (Å²) in [5.41, 5.74) is 8.40. The fourth-order valence-corrected chi connectivity index (χ4v) is 5.05. The Morgan fingerprint density at radius 3 is 2.78 bits per heavy atom. The first-order valence-electron chi connectivity index (χ1n) is 10.7. The van der Waals surface area contributed by atoms with Crippen molar-refractivity contribution in [2.24, 2.45) is 23.5 Å². The maximum absolute atomic E-state index is 12.7. The molecule has 0 spiro atoms. The molecule has 0 aromatic heterocycles. The van der Waals surface area contributed by atoms with Gasteiger partial charge in [-0.25, -0.2) is 4.79 Å². The van der Waals surface area contributed by atoms with Crippen LogP contribution in [0.2, 0.25) is 0 Å².